The molecule has 0 bridgehead atoms. The van der Waals surface area contributed by atoms with E-state index in [1.165, 1.54) is 47.3 Å². The molecule has 1 N–H and O–H groups in total. The molecule has 6 aliphatic rings. The lowest BCUT2D eigenvalue weighted by molar-refractivity contribution is -0.352. The minimum Gasteiger partial charge on any atom is -0.467 e. The van der Waals surface area contributed by atoms with Gasteiger partial charge in [-0.05, 0) is 42.6 Å². The highest BCUT2D eigenvalue weighted by molar-refractivity contribution is 5.87. The van der Waals surface area contributed by atoms with E-state index in [1.807, 2.05) is 13.8 Å². The Balaban J connectivity index is 0.00000181. The number of hydrogen-bond donors (Lipinski definition) is 1. The molecule has 0 amide bonds. The predicted molar refractivity (Wildman–Crippen MR) is 189 cm³/mol. The van der Waals surface area contributed by atoms with Crippen LogP contribution in [0.2, 0.25) is 0 Å². The van der Waals surface area contributed by atoms with Gasteiger partial charge in [0, 0.05) is 56.9 Å². The third-order valence-electron chi connectivity index (χ3n) is 13.6. The summed E-state index contributed by atoms with van der Waals surface area (Å²) in [5, 5.41) is 13.5. The van der Waals surface area contributed by atoms with Gasteiger partial charge in [-0.2, -0.15) is 0 Å². The second-order valence-electron chi connectivity index (χ2n) is 16.9. The van der Waals surface area contributed by atoms with Crippen molar-refractivity contribution in [3.05, 3.63) is 24.3 Å². The number of esters is 6. The largest absolute Gasteiger partial charge is 0.467 e. The Morgan fingerprint density at radius 3 is 1.94 bits per heavy atom. The fraction of sp³-hybridized carbons (Fsp3) is 0.750. The van der Waals surface area contributed by atoms with Crippen molar-refractivity contribution in [1.82, 2.24) is 0 Å². The first kappa shape index (κ1) is 41.4. The zero-order chi connectivity index (χ0) is 40.6. The molecule has 4 saturated carbocycles. The molecular weight excluding hydrogens is 704 g/mol. The van der Waals surface area contributed by atoms with Crippen molar-refractivity contribution in [1.29, 1.82) is 0 Å². The number of ether oxygens (including phenoxy) is 7. The van der Waals surface area contributed by atoms with E-state index in [2.05, 4.69) is 20.4 Å². The molecule has 4 aliphatic carbocycles. The summed E-state index contributed by atoms with van der Waals surface area (Å²) in [4.78, 5) is 78.8. The lowest BCUT2D eigenvalue weighted by Crippen LogP contribution is -2.83. The van der Waals surface area contributed by atoms with Gasteiger partial charge in [-0.25, -0.2) is 9.59 Å². The molecule has 2 aliphatic heterocycles. The molecule has 14 atom stereocenters. The normalized spacial score (nSPS) is 45.3. The maximum Gasteiger partial charge on any atom is 0.342 e. The van der Waals surface area contributed by atoms with Crippen LogP contribution in [0.15, 0.2) is 24.3 Å². The first-order valence-corrected chi connectivity index (χ1v) is 18.7. The summed E-state index contributed by atoms with van der Waals surface area (Å²) in [6, 6.07) is 0. The van der Waals surface area contributed by atoms with Crippen molar-refractivity contribution in [2.75, 3.05) is 13.7 Å². The van der Waals surface area contributed by atoms with E-state index >= 15 is 0 Å². The van der Waals surface area contributed by atoms with Gasteiger partial charge in [0.25, 0.3) is 0 Å². The summed E-state index contributed by atoms with van der Waals surface area (Å²) in [5.41, 5.74) is -8.59. The first-order valence-electron chi connectivity index (χ1n) is 18.7. The summed E-state index contributed by atoms with van der Waals surface area (Å²) >= 11 is 0. The molecule has 2 heterocycles. The van der Waals surface area contributed by atoms with Crippen LogP contribution in [0.1, 0.15) is 94.9 Å². The Hall–Kier alpha value is -3.78. The molecule has 6 rings (SSSR count). The quantitative estimate of drug-likeness (QED) is 0.184. The number of aliphatic hydroxyl groups is 1. The number of methoxy groups -OCH3 is 1. The molecule has 0 radical (unpaired) electrons. The minimum atomic E-state index is -1.92. The molecule has 300 valence electrons. The molecule has 54 heavy (non-hydrogen) atoms. The molecule has 5 fully saturated rings. The van der Waals surface area contributed by atoms with Crippen LogP contribution >= 0.6 is 0 Å². The standard InChI is InChI=1S/C37H48O14.C3H8/c1-17-15-36(44)23-13-14-32(6)22-11-12-24(42)46-16-33(22,7)28(48-19(3)39)25(47-18(2)38)26(32)34(23,8)29(49-20(4)40)30(50-21(5)41)35(36,9)37(27(17)51-37)31(43)45-10;1-3-2/h11-12,22-23,25-30,44H,1,13-16H2,2-10H3;3H2,1-2H3. The fourth-order valence-corrected chi connectivity index (χ4v) is 12.0. The number of epoxide rings is 1. The number of hydrogen-bond acceptors (Lipinski definition) is 14. The molecule has 14 heteroatoms. The zero-order valence-electron chi connectivity index (χ0n) is 33.3. The lowest BCUT2D eigenvalue weighted by atomic mass is 9.32. The van der Waals surface area contributed by atoms with Gasteiger partial charge in [0.2, 0.25) is 5.60 Å². The molecular formula is C40H56O14. The van der Waals surface area contributed by atoms with E-state index in [0.29, 0.717) is 12.0 Å². The van der Waals surface area contributed by atoms with Crippen LogP contribution in [-0.4, -0.2) is 96.4 Å². The summed E-state index contributed by atoms with van der Waals surface area (Å²) in [5.74, 6) is -6.62. The van der Waals surface area contributed by atoms with Crippen LogP contribution < -0.4 is 0 Å². The number of allylic oxidation sites excluding steroid dienone is 1. The third-order valence-corrected chi connectivity index (χ3v) is 13.6. The monoisotopic (exact) mass is 760 g/mol. The van der Waals surface area contributed by atoms with E-state index in [-0.39, 0.29) is 19.4 Å². The van der Waals surface area contributed by atoms with Crippen LogP contribution in [0, 0.1) is 39.4 Å². The number of carbonyl (C=O) groups excluding carboxylic acids is 6. The van der Waals surface area contributed by atoms with Gasteiger partial charge in [-0.3, -0.25) is 19.2 Å². The van der Waals surface area contributed by atoms with Crippen LogP contribution in [-0.2, 0) is 61.9 Å². The topological polar surface area (TPSA) is 191 Å². The smallest absolute Gasteiger partial charge is 0.342 e. The average Bonchev–Trinajstić information content (AvgIpc) is 3.85. The van der Waals surface area contributed by atoms with Crippen molar-refractivity contribution in [3.8, 4) is 0 Å². The molecule has 0 aromatic heterocycles. The van der Waals surface area contributed by atoms with Crippen molar-refractivity contribution >= 4 is 35.8 Å². The fourth-order valence-electron chi connectivity index (χ4n) is 12.0. The van der Waals surface area contributed by atoms with Gasteiger partial charge in [0.05, 0.1) is 18.1 Å². The SMILES string of the molecule is C=C1CC2(O)C3CCC4(C)C5C=CC(=O)OCC5(C)C(OC(C)=O)C(OC(C)=O)C4C3(C)C(OC(C)=O)C(OC(C)=O)C2(C)C2(C(=O)OC)OC12.CCC. The summed E-state index contributed by atoms with van der Waals surface area (Å²) in [6.07, 6.45) is -1.34. The van der Waals surface area contributed by atoms with Crippen molar-refractivity contribution in [2.24, 2.45) is 39.4 Å². The van der Waals surface area contributed by atoms with E-state index in [9.17, 15) is 33.9 Å². The van der Waals surface area contributed by atoms with Gasteiger partial charge >= 0.3 is 35.8 Å². The summed E-state index contributed by atoms with van der Waals surface area (Å²) in [6.45, 7) is 20.2. The number of rotatable bonds is 5. The van der Waals surface area contributed by atoms with E-state index in [0.717, 1.165) is 0 Å². The van der Waals surface area contributed by atoms with Crippen LogP contribution in [0.25, 0.3) is 0 Å². The number of carbonyl (C=O) groups is 6. The van der Waals surface area contributed by atoms with Gasteiger partial charge in [-0.1, -0.05) is 53.7 Å². The second-order valence-corrected chi connectivity index (χ2v) is 16.9. The van der Waals surface area contributed by atoms with Gasteiger partial charge in [-0.15, -0.1) is 0 Å². The van der Waals surface area contributed by atoms with Crippen molar-refractivity contribution < 1.29 is 67.0 Å². The van der Waals surface area contributed by atoms with Gasteiger partial charge in [0.15, 0.2) is 6.10 Å². The van der Waals surface area contributed by atoms with E-state index < -0.39 is 117 Å². The minimum absolute atomic E-state index is 0.0733. The Morgan fingerprint density at radius 1 is 0.870 bits per heavy atom. The molecule has 0 aromatic carbocycles. The highest BCUT2D eigenvalue weighted by atomic mass is 16.7. The predicted octanol–water partition coefficient (Wildman–Crippen LogP) is 3.94. The Kier molecular flexibility index (Phi) is 10.5. The van der Waals surface area contributed by atoms with E-state index in [4.69, 9.17) is 33.2 Å². The Morgan fingerprint density at radius 2 is 1.41 bits per heavy atom. The second kappa shape index (κ2) is 13.8. The Labute approximate surface area is 316 Å². The average molecular weight is 761 g/mol. The highest BCUT2D eigenvalue weighted by Crippen LogP contribution is 2.78. The number of cyclic esters (lactones) is 1. The zero-order valence-corrected chi connectivity index (χ0v) is 33.3. The van der Waals surface area contributed by atoms with E-state index in [1.54, 1.807) is 19.9 Å². The highest BCUT2D eigenvalue weighted by Gasteiger charge is 2.90. The maximum absolute atomic E-state index is 13.8. The molecule has 14 unspecified atom stereocenters. The van der Waals surface area contributed by atoms with Gasteiger partial charge in [0.1, 0.15) is 31.0 Å². The van der Waals surface area contributed by atoms with Crippen molar-refractivity contribution in [2.45, 2.75) is 137 Å². The van der Waals surface area contributed by atoms with Crippen LogP contribution in [0.3, 0.4) is 0 Å². The van der Waals surface area contributed by atoms with Crippen LogP contribution in [0.5, 0.6) is 0 Å². The Bertz CT molecular complexity index is 1650. The summed E-state index contributed by atoms with van der Waals surface area (Å²) in [7, 11) is 1.19. The third kappa shape index (κ3) is 5.55. The van der Waals surface area contributed by atoms with Gasteiger partial charge < -0.3 is 38.3 Å². The lowest BCUT2D eigenvalue weighted by Gasteiger charge is -2.74. The molecule has 0 spiro atoms. The van der Waals surface area contributed by atoms with Crippen LogP contribution in [0.4, 0.5) is 0 Å². The summed E-state index contributed by atoms with van der Waals surface area (Å²) < 4.78 is 41.7. The number of fused-ring (bicyclic) bond motifs is 9. The first-order chi connectivity index (χ1) is 25.0. The maximum atomic E-state index is 13.8. The molecule has 0 aromatic rings. The molecule has 14 nitrogen and oxygen atoms in total. The molecule has 1 saturated heterocycles. The van der Waals surface area contributed by atoms with Crippen molar-refractivity contribution in [3.63, 3.8) is 0 Å².